The van der Waals surface area contributed by atoms with Crippen LogP contribution >= 0.6 is 0 Å². The molecule has 2 aromatic carbocycles. The highest BCUT2D eigenvalue weighted by Crippen LogP contribution is 2.21. The molecule has 0 radical (unpaired) electrons. The molecule has 0 aliphatic heterocycles. The molecule has 1 amide bonds. The maximum absolute atomic E-state index is 12.2. The number of amides is 1. The SMILES string of the molecule is CCCn1ccc2cc(NC(=O)Cc3ccc([N+](=O)[O-])cc3)ccc21. The molecule has 0 unspecified atom stereocenters. The van der Waals surface area contributed by atoms with Gasteiger partial charge in [-0.05, 0) is 36.2 Å². The van der Waals surface area contributed by atoms with Crippen molar-refractivity contribution in [1.29, 1.82) is 0 Å². The molecule has 3 aromatic rings. The number of aromatic nitrogens is 1. The number of benzene rings is 2. The number of nitro groups is 1. The molecule has 25 heavy (non-hydrogen) atoms. The second kappa shape index (κ2) is 7.17. The quantitative estimate of drug-likeness (QED) is 0.542. The van der Waals surface area contributed by atoms with E-state index in [0.29, 0.717) is 0 Å². The minimum absolute atomic E-state index is 0.0196. The van der Waals surface area contributed by atoms with Gasteiger partial charge in [-0.2, -0.15) is 0 Å². The Morgan fingerprint density at radius 2 is 1.92 bits per heavy atom. The molecule has 1 aromatic heterocycles. The van der Waals surface area contributed by atoms with Gasteiger partial charge < -0.3 is 9.88 Å². The van der Waals surface area contributed by atoms with Gasteiger partial charge in [0.2, 0.25) is 5.91 Å². The van der Waals surface area contributed by atoms with E-state index in [1.165, 1.54) is 12.1 Å². The first-order chi connectivity index (χ1) is 12.1. The predicted molar refractivity (Wildman–Crippen MR) is 97.7 cm³/mol. The van der Waals surface area contributed by atoms with E-state index in [0.717, 1.165) is 35.1 Å². The van der Waals surface area contributed by atoms with Crippen LogP contribution in [0.5, 0.6) is 0 Å². The van der Waals surface area contributed by atoms with Crippen LogP contribution in [0, 0.1) is 10.1 Å². The van der Waals surface area contributed by atoms with Crippen molar-refractivity contribution >= 4 is 28.2 Å². The van der Waals surface area contributed by atoms with Gasteiger partial charge in [0.05, 0.1) is 11.3 Å². The summed E-state index contributed by atoms with van der Waals surface area (Å²) in [4.78, 5) is 22.4. The van der Waals surface area contributed by atoms with Crippen molar-refractivity contribution in [1.82, 2.24) is 4.57 Å². The second-order valence-corrected chi connectivity index (χ2v) is 5.93. The molecule has 0 aliphatic rings. The lowest BCUT2D eigenvalue weighted by Crippen LogP contribution is -2.14. The van der Waals surface area contributed by atoms with Crippen LogP contribution in [0.1, 0.15) is 18.9 Å². The summed E-state index contributed by atoms with van der Waals surface area (Å²) >= 11 is 0. The van der Waals surface area contributed by atoms with E-state index in [4.69, 9.17) is 0 Å². The van der Waals surface area contributed by atoms with Gasteiger partial charge in [-0.15, -0.1) is 0 Å². The summed E-state index contributed by atoms with van der Waals surface area (Å²) < 4.78 is 2.19. The van der Waals surface area contributed by atoms with E-state index in [1.807, 2.05) is 24.3 Å². The third-order valence-corrected chi connectivity index (χ3v) is 4.03. The molecule has 0 saturated heterocycles. The summed E-state index contributed by atoms with van der Waals surface area (Å²) in [5, 5.41) is 14.6. The lowest BCUT2D eigenvalue weighted by Gasteiger charge is -2.07. The molecule has 0 fully saturated rings. The van der Waals surface area contributed by atoms with Crippen molar-refractivity contribution in [3.05, 3.63) is 70.4 Å². The molecule has 0 saturated carbocycles. The number of nitro benzene ring substituents is 1. The molecule has 128 valence electrons. The smallest absolute Gasteiger partial charge is 0.269 e. The highest BCUT2D eigenvalue weighted by Gasteiger charge is 2.09. The Morgan fingerprint density at radius 1 is 1.16 bits per heavy atom. The molecule has 1 heterocycles. The van der Waals surface area contributed by atoms with Crippen LogP contribution in [-0.2, 0) is 17.8 Å². The van der Waals surface area contributed by atoms with Crippen molar-refractivity contribution < 1.29 is 9.72 Å². The largest absolute Gasteiger partial charge is 0.347 e. The lowest BCUT2D eigenvalue weighted by atomic mass is 10.1. The van der Waals surface area contributed by atoms with Crippen LogP contribution in [0.15, 0.2) is 54.7 Å². The summed E-state index contributed by atoms with van der Waals surface area (Å²) in [6, 6.07) is 13.9. The third kappa shape index (κ3) is 3.85. The fourth-order valence-electron chi connectivity index (χ4n) is 2.84. The van der Waals surface area contributed by atoms with Crippen molar-refractivity contribution in [2.45, 2.75) is 26.3 Å². The Bertz CT molecular complexity index is 913. The number of hydrogen-bond acceptors (Lipinski definition) is 3. The number of hydrogen-bond donors (Lipinski definition) is 1. The van der Waals surface area contributed by atoms with Crippen LogP contribution in [0.2, 0.25) is 0 Å². The molecule has 6 heteroatoms. The average Bonchev–Trinajstić information content (AvgIpc) is 2.98. The zero-order valence-corrected chi connectivity index (χ0v) is 13.9. The van der Waals surface area contributed by atoms with Gasteiger partial charge in [0.25, 0.3) is 5.69 Å². The number of fused-ring (bicyclic) bond motifs is 1. The van der Waals surface area contributed by atoms with Crippen molar-refractivity contribution in [2.24, 2.45) is 0 Å². The molecule has 0 atom stereocenters. The van der Waals surface area contributed by atoms with Crippen LogP contribution in [-0.4, -0.2) is 15.4 Å². The molecule has 0 aliphatic carbocycles. The van der Waals surface area contributed by atoms with Crippen molar-refractivity contribution in [3.8, 4) is 0 Å². The van der Waals surface area contributed by atoms with E-state index in [2.05, 4.69) is 23.0 Å². The minimum atomic E-state index is -0.455. The Balaban J connectivity index is 1.68. The first-order valence-electron chi connectivity index (χ1n) is 8.19. The van der Waals surface area contributed by atoms with E-state index >= 15 is 0 Å². The molecule has 3 rings (SSSR count). The first-order valence-corrected chi connectivity index (χ1v) is 8.19. The van der Waals surface area contributed by atoms with Crippen LogP contribution in [0.25, 0.3) is 10.9 Å². The predicted octanol–water partition coefficient (Wildman–Crippen LogP) is 4.14. The Morgan fingerprint density at radius 3 is 2.60 bits per heavy atom. The van der Waals surface area contributed by atoms with Crippen LogP contribution in [0.3, 0.4) is 0 Å². The molecule has 0 spiro atoms. The van der Waals surface area contributed by atoms with E-state index in [1.54, 1.807) is 12.1 Å². The summed E-state index contributed by atoms with van der Waals surface area (Å²) in [6.07, 6.45) is 3.29. The average molecular weight is 337 g/mol. The molecule has 0 bridgehead atoms. The zero-order valence-electron chi connectivity index (χ0n) is 13.9. The number of nitrogens with one attached hydrogen (secondary N) is 1. The van der Waals surface area contributed by atoms with Gasteiger partial charge >= 0.3 is 0 Å². The molecule has 1 N–H and O–H groups in total. The summed E-state index contributed by atoms with van der Waals surface area (Å²) in [5.74, 6) is -0.152. The van der Waals surface area contributed by atoms with Gasteiger partial charge in [0.15, 0.2) is 0 Å². The normalized spacial score (nSPS) is 10.8. The van der Waals surface area contributed by atoms with Crippen molar-refractivity contribution in [3.63, 3.8) is 0 Å². The topological polar surface area (TPSA) is 77.2 Å². The van der Waals surface area contributed by atoms with E-state index in [9.17, 15) is 14.9 Å². The number of nitrogens with zero attached hydrogens (tertiary/aromatic N) is 2. The highest BCUT2D eigenvalue weighted by molar-refractivity contribution is 5.95. The number of anilines is 1. The second-order valence-electron chi connectivity index (χ2n) is 5.93. The van der Waals surface area contributed by atoms with Gasteiger partial charge in [-0.25, -0.2) is 0 Å². The minimum Gasteiger partial charge on any atom is -0.347 e. The zero-order chi connectivity index (χ0) is 17.8. The summed E-state index contributed by atoms with van der Waals surface area (Å²) in [7, 11) is 0. The standard InChI is InChI=1S/C19H19N3O3/c1-2-10-21-11-9-15-13-16(5-8-18(15)21)20-19(23)12-14-3-6-17(7-4-14)22(24)25/h3-9,11,13H,2,10,12H2,1H3,(H,20,23). The van der Waals surface area contributed by atoms with Crippen molar-refractivity contribution in [2.75, 3.05) is 5.32 Å². The first kappa shape index (κ1) is 16.7. The van der Waals surface area contributed by atoms with E-state index in [-0.39, 0.29) is 18.0 Å². The van der Waals surface area contributed by atoms with Crippen LogP contribution in [0.4, 0.5) is 11.4 Å². The van der Waals surface area contributed by atoms with Crippen LogP contribution < -0.4 is 5.32 Å². The van der Waals surface area contributed by atoms with Gasteiger partial charge in [-0.1, -0.05) is 19.1 Å². The molecule has 6 nitrogen and oxygen atoms in total. The number of carbonyl (C=O) groups is 1. The summed E-state index contributed by atoms with van der Waals surface area (Å²) in [6.45, 7) is 3.11. The Labute approximate surface area is 145 Å². The van der Waals surface area contributed by atoms with E-state index < -0.39 is 4.92 Å². The maximum atomic E-state index is 12.2. The third-order valence-electron chi connectivity index (χ3n) is 4.03. The number of non-ortho nitro benzene ring substituents is 1. The highest BCUT2D eigenvalue weighted by atomic mass is 16.6. The Hall–Kier alpha value is -3.15. The maximum Gasteiger partial charge on any atom is 0.269 e. The fraction of sp³-hybridized carbons (Fsp3) is 0.211. The summed E-state index contributed by atoms with van der Waals surface area (Å²) in [5.41, 5.74) is 2.65. The lowest BCUT2D eigenvalue weighted by molar-refractivity contribution is -0.384. The fourth-order valence-corrected chi connectivity index (χ4v) is 2.84. The Kier molecular flexibility index (Phi) is 4.79. The number of rotatable bonds is 6. The van der Waals surface area contributed by atoms with Gasteiger partial charge in [0.1, 0.15) is 0 Å². The molecular formula is C19H19N3O3. The number of aryl methyl sites for hydroxylation is 1. The van der Waals surface area contributed by atoms with Gasteiger partial charge in [0, 0.05) is 41.5 Å². The van der Waals surface area contributed by atoms with Gasteiger partial charge in [-0.3, -0.25) is 14.9 Å². The monoisotopic (exact) mass is 337 g/mol. The molecular weight excluding hydrogens is 318 g/mol. The number of carbonyl (C=O) groups excluding carboxylic acids is 1.